The number of aliphatic carboxylic acids is 1. The molecule has 156 valence electrons. The van der Waals surface area contributed by atoms with Gasteiger partial charge in [-0.1, -0.05) is 12.1 Å². The van der Waals surface area contributed by atoms with Crippen molar-refractivity contribution >= 4 is 33.7 Å². The van der Waals surface area contributed by atoms with Crippen LogP contribution in [-0.2, 0) is 4.79 Å². The Balaban J connectivity index is 1.48. The van der Waals surface area contributed by atoms with E-state index in [0.29, 0.717) is 17.6 Å². The number of benzene rings is 1. The summed E-state index contributed by atoms with van der Waals surface area (Å²) >= 11 is 0. The number of para-hydroxylation sites is 1. The van der Waals surface area contributed by atoms with E-state index in [-0.39, 0.29) is 17.9 Å². The molecule has 4 aromatic rings. The Bertz CT molecular complexity index is 1290. The highest BCUT2D eigenvalue weighted by atomic mass is 16.4. The van der Waals surface area contributed by atoms with Crippen LogP contribution in [0.3, 0.4) is 0 Å². The molecule has 3 aliphatic rings. The van der Waals surface area contributed by atoms with Crippen LogP contribution >= 0.6 is 0 Å². The molecule has 3 heterocycles. The monoisotopic (exact) mass is 414 g/mol. The Labute approximate surface area is 178 Å². The fraction of sp³-hybridized carbons (Fsp3) is 0.348. The van der Waals surface area contributed by atoms with Crippen LogP contribution in [-0.4, -0.2) is 42.0 Å². The van der Waals surface area contributed by atoms with Gasteiger partial charge in [-0.3, -0.25) is 4.79 Å². The zero-order chi connectivity index (χ0) is 20.9. The van der Waals surface area contributed by atoms with Gasteiger partial charge in [0.15, 0.2) is 5.82 Å². The zero-order valence-electron chi connectivity index (χ0n) is 16.8. The molecule has 0 radical (unpaired) electrons. The highest BCUT2D eigenvalue weighted by Gasteiger charge is 2.47. The van der Waals surface area contributed by atoms with Crippen LogP contribution in [0.1, 0.15) is 25.7 Å². The lowest BCUT2D eigenvalue weighted by Crippen LogP contribution is -2.51. The summed E-state index contributed by atoms with van der Waals surface area (Å²) in [6.45, 7) is 0. The highest BCUT2D eigenvalue weighted by Crippen LogP contribution is 2.46. The molecule has 2 bridgehead atoms. The first-order valence-corrected chi connectivity index (χ1v) is 10.7. The van der Waals surface area contributed by atoms with Crippen LogP contribution in [0.5, 0.6) is 0 Å². The van der Waals surface area contributed by atoms with Gasteiger partial charge in [-0.05, 0) is 49.7 Å². The molecule has 3 aliphatic carbocycles. The van der Waals surface area contributed by atoms with Crippen molar-refractivity contribution in [2.75, 3.05) is 5.32 Å². The van der Waals surface area contributed by atoms with Gasteiger partial charge in [0.1, 0.15) is 17.8 Å². The predicted molar refractivity (Wildman–Crippen MR) is 116 cm³/mol. The quantitative estimate of drug-likeness (QED) is 0.464. The van der Waals surface area contributed by atoms with E-state index in [1.165, 1.54) is 6.33 Å². The maximum atomic E-state index is 12.1. The molecule has 8 heteroatoms. The lowest BCUT2D eigenvalue weighted by molar-refractivity contribution is -0.148. The van der Waals surface area contributed by atoms with Crippen molar-refractivity contribution in [3.63, 3.8) is 0 Å². The minimum absolute atomic E-state index is 0.123. The molecule has 0 unspecified atom stereocenters. The summed E-state index contributed by atoms with van der Waals surface area (Å²) in [4.78, 5) is 33.3. The predicted octanol–water partition coefficient (Wildman–Crippen LogP) is 3.87. The normalized spacial score (nSPS) is 25.2. The number of nitrogens with zero attached hydrogens (tertiary/aromatic N) is 4. The van der Waals surface area contributed by atoms with E-state index >= 15 is 0 Å². The van der Waals surface area contributed by atoms with Crippen molar-refractivity contribution in [1.29, 1.82) is 0 Å². The van der Waals surface area contributed by atoms with E-state index in [4.69, 9.17) is 9.97 Å². The third-order valence-corrected chi connectivity index (χ3v) is 7.01. The summed E-state index contributed by atoms with van der Waals surface area (Å²) in [5.74, 6) is 0.749. The number of H-pyrrole nitrogens is 1. The van der Waals surface area contributed by atoms with Crippen LogP contribution in [0.2, 0.25) is 0 Å². The van der Waals surface area contributed by atoms with Gasteiger partial charge in [-0.25, -0.2) is 19.9 Å². The molecule has 3 saturated carbocycles. The number of carbonyl (C=O) groups is 1. The van der Waals surface area contributed by atoms with Gasteiger partial charge < -0.3 is 15.4 Å². The Morgan fingerprint density at radius 2 is 1.87 bits per heavy atom. The first kappa shape index (κ1) is 18.2. The highest BCUT2D eigenvalue weighted by molar-refractivity contribution is 5.95. The number of fused-ring (bicyclic) bond motifs is 5. The standard InChI is InChI=1S/C23H22N6O2/c30-23(31)18-12-5-7-13(8-6-12)19(18)28-21-14-3-1-2-4-17(14)27-22(29-21)16-10-25-20-15(16)9-24-11-26-20/h1-4,9-13,18-19H,5-8H2,(H,30,31)(H,24,25,26)(H,27,28,29)/t12?,13?,18-,19-/m1/s1. The first-order valence-electron chi connectivity index (χ1n) is 10.7. The number of hydrogen-bond donors (Lipinski definition) is 3. The molecular formula is C23H22N6O2. The van der Waals surface area contributed by atoms with E-state index in [1.54, 1.807) is 6.20 Å². The van der Waals surface area contributed by atoms with Crippen molar-refractivity contribution < 1.29 is 9.90 Å². The lowest BCUT2D eigenvalue weighted by Gasteiger charge is -2.47. The number of aromatic amines is 1. The van der Waals surface area contributed by atoms with E-state index in [1.807, 2.05) is 30.5 Å². The second-order valence-corrected chi connectivity index (χ2v) is 8.61. The van der Waals surface area contributed by atoms with Crippen LogP contribution in [0.4, 0.5) is 5.82 Å². The second-order valence-electron chi connectivity index (χ2n) is 8.61. The van der Waals surface area contributed by atoms with Gasteiger partial charge in [-0.15, -0.1) is 0 Å². The Kier molecular flexibility index (Phi) is 4.12. The largest absolute Gasteiger partial charge is 0.481 e. The smallest absolute Gasteiger partial charge is 0.308 e. The van der Waals surface area contributed by atoms with Crippen LogP contribution in [0.15, 0.2) is 43.0 Å². The molecular weight excluding hydrogens is 392 g/mol. The van der Waals surface area contributed by atoms with Crippen molar-refractivity contribution in [1.82, 2.24) is 24.9 Å². The molecule has 3 aromatic heterocycles. The van der Waals surface area contributed by atoms with Crippen molar-refractivity contribution in [2.24, 2.45) is 17.8 Å². The Morgan fingerprint density at radius 3 is 2.71 bits per heavy atom. The van der Waals surface area contributed by atoms with Crippen molar-refractivity contribution in [3.8, 4) is 11.4 Å². The van der Waals surface area contributed by atoms with Crippen LogP contribution in [0, 0.1) is 17.8 Å². The molecule has 1 aromatic carbocycles. The van der Waals surface area contributed by atoms with E-state index in [9.17, 15) is 9.90 Å². The topological polar surface area (TPSA) is 117 Å². The average molecular weight is 414 g/mol. The number of nitrogens with one attached hydrogen (secondary N) is 2. The van der Waals surface area contributed by atoms with Gasteiger partial charge in [0.25, 0.3) is 0 Å². The maximum absolute atomic E-state index is 12.1. The van der Waals surface area contributed by atoms with E-state index < -0.39 is 5.97 Å². The number of rotatable bonds is 4. The average Bonchev–Trinajstić information content (AvgIpc) is 3.24. The number of hydrogen-bond acceptors (Lipinski definition) is 6. The summed E-state index contributed by atoms with van der Waals surface area (Å²) in [7, 11) is 0. The Hall–Kier alpha value is -3.55. The SMILES string of the molecule is O=C(O)[C@@H]1C2CCC(CC2)[C@H]1Nc1nc(-c2c[nH]c3ncncc23)nc2ccccc12. The molecule has 0 aliphatic heterocycles. The van der Waals surface area contributed by atoms with Gasteiger partial charge in [-0.2, -0.15) is 0 Å². The van der Waals surface area contributed by atoms with E-state index in [0.717, 1.165) is 53.2 Å². The van der Waals surface area contributed by atoms with Gasteiger partial charge in [0.05, 0.1) is 11.4 Å². The lowest BCUT2D eigenvalue weighted by atomic mass is 9.61. The minimum Gasteiger partial charge on any atom is -0.481 e. The van der Waals surface area contributed by atoms with E-state index in [2.05, 4.69) is 20.3 Å². The Morgan fingerprint density at radius 1 is 1.06 bits per heavy atom. The number of aromatic nitrogens is 5. The molecule has 0 spiro atoms. The third-order valence-electron chi connectivity index (χ3n) is 7.01. The van der Waals surface area contributed by atoms with Crippen molar-refractivity contribution in [3.05, 3.63) is 43.0 Å². The summed E-state index contributed by atoms with van der Waals surface area (Å²) in [5, 5.41) is 15.3. The van der Waals surface area contributed by atoms with Gasteiger partial charge in [0.2, 0.25) is 0 Å². The van der Waals surface area contributed by atoms with Crippen molar-refractivity contribution in [2.45, 2.75) is 31.7 Å². The molecule has 31 heavy (non-hydrogen) atoms. The summed E-state index contributed by atoms with van der Waals surface area (Å²) < 4.78 is 0. The van der Waals surface area contributed by atoms with Gasteiger partial charge in [0, 0.05) is 34.8 Å². The summed E-state index contributed by atoms with van der Waals surface area (Å²) in [6.07, 6.45) is 9.25. The molecule has 0 saturated heterocycles. The summed E-state index contributed by atoms with van der Waals surface area (Å²) in [6, 6.07) is 7.72. The molecule has 3 N–H and O–H groups in total. The zero-order valence-corrected chi connectivity index (χ0v) is 16.8. The second kappa shape index (κ2) is 7.01. The summed E-state index contributed by atoms with van der Waals surface area (Å²) in [5.41, 5.74) is 2.37. The molecule has 8 nitrogen and oxygen atoms in total. The van der Waals surface area contributed by atoms with Gasteiger partial charge >= 0.3 is 5.97 Å². The fourth-order valence-corrected chi connectivity index (χ4v) is 5.52. The number of anilines is 1. The molecule has 3 fully saturated rings. The maximum Gasteiger partial charge on any atom is 0.308 e. The third kappa shape index (κ3) is 2.93. The molecule has 0 amide bonds. The molecule has 7 rings (SSSR count). The number of carboxylic acids is 1. The number of carboxylic acid groups (broad SMARTS) is 1. The first-order chi connectivity index (χ1) is 15.2. The van der Waals surface area contributed by atoms with Crippen LogP contribution in [0.25, 0.3) is 33.3 Å². The van der Waals surface area contributed by atoms with Crippen LogP contribution < -0.4 is 5.32 Å². The minimum atomic E-state index is -0.709. The molecule has 2 atom stereocenters. The fourth-order valence-electron chi connectivity index (χ4n) is 5.52.